The highest BCUT2D eigenvalue weighted by molar-refractivity contribution is 5.89. The van der Waals surface area contributed by atoms with Gasteiger partial charge in [-0.15, -0.1) is 0 Å². The summed E-state index contributed by atoms with van der Waals surface area (Å²) < 4.78 is 39.7. The summed E-state index contributed by atoms with van der Waals surface area (Å²) in [6.07, 6.45) is -4.31. The van der Waals surface area contributed by atoms with E-state index in [4.69, 9.17) is 0 Å². The van der Waals surface area contributed by atoms with Gasteiger partial charge in [-0.2, -0.15) is 13.2 Å². The van der Waals surface area contributed by atoms with Crippen molar-refractivity contribution in [1.29, 1.82) is 0 Å². The zero-order valence-electron chi connectivity index (χ0n) is 14.9. The van der Waals surface area contributed by atoms with Gasteiger partial charge in [-0.05, 0) is 34.7 Å². The number of rotatable bonds is 1. The van der Waals surface area contributed by atoms with E-state index in [1.165, 1.54) is 16.8 Å². The van der Waals surface area contributed by atoms with E-state index in [-0.39, 0.29) is 43.9 Å². The van der Waals surface area contributed by atoms with Crippen molar-refractivity contribution in [2.75, 3.05) is 26.7 Å². The lowest BCUT2D eigenvalue weighted by Crippen LogP contribution is -2.62. The molecule has 0 aromatic carbocycles. The van der Waals surface area contributed by atoms with Crippen molar-refractivity contribution in [3.63, 3.8) is 0 Å². The Balaban J connectivity index is 2.11. The van der Waals surface area contributed by atoms with E-state index in [1.807, 2.05) is 20.8 Å². The van der Waals surface area contributed by atoms with Crippen molar-refractivity contribution in [2.45, 2.75) is 57.9 Å². The number of nitrogens with zero attached hydrogens (tertiary/aromatic N) is 3. The average Bonchev–Trinajstić information content (AvgIpc) is 2.81. The van der Waals surface area contributed by atoms with Crippen LogP contribution in [0.15, 0.2) is 0 Å². The summed E-state index contributed by atoms with van der Waals surface area (Å²) in [5.74, 6) is -1.01. The number of carbonyl (C=O) groups excluding carboxylic acids is 2. The van der Waals surface area contributed by atoms with Crippen LogP contribution in [-0.4, -0.2) is 77.0 Å². The SMILES string of the molecule is CC1CN(C(=O)C2CC(=O)N(C(C)(C)C)C2)CC(C(F)(F)F)N1C. The highest BCUT2D eigenvalue weighted by Gasteiger charge is 2.49. The molecule has 2 saturated heterocycles. The lowest BCUT2D eigenvalue weighted by Gasteiger charge is -2.44. The zero-order chi connectivity index (χ0) is 18.4. The summed E-state index contributed by atoms with van der Waals surface area (Å²) >= 11 is 0. The van der Waals surface area contributed by atoms with Gasteiger partial charge in [0.1, 0.15) is 6.04 Å². The number of likely N-dealkylation sites (N-methyl/N-ethyl adjacent to an activating group) is 1. The summed E-state index contributed by atoms with van der Waals surface area (Å²) in [5.41, 5.74) is -0.393. The molecule has 3 atom stereocenters. The molecule has 2 fully saturated rings. The first-order chi connectivity index (χ1) is 10.8. The zero-order valence-corrected chi connectivity index (χ0v) is 14.9. The quantitative estimate of drug-likeness (QED) is 0.724. The predicted molar refractivity (Wildman–Crippen MR) is 83.2 cm³/mol. The smallest absolute Gasteiger partial charge is 0.339 e. The van der Waals surface area contributed by atoms with Crippen LogP contribution in [0.25, 0.3) is 0 Å². The summed E-state index contributed by atoms with van der Waals surface area (Å²) in [4.78, 5) is 29.0. The Morgan fingerprint density at radius 3 is 2.17 bits per heavy atom. The van der Waals surface area contributed by atoms with Gasteiger partial charge >= 0.3 is 6.18 Å². The number of hydrogen-bond donors (Lipinski definition) is 0. The molecule has 2 amide bonds. The van der Waals surface area contributed by atoms with Crippen LogP contribution in [-0.2, 0) is 9.59 Å². The minimum Gasteiger partial charge on any atom is -0.339 e. The maximum absolute atomic E-state index is 13.2. The Hall–Kier alpha value is -1.31. The van der Waals surface area contributed by atoms with Crippen LogP contribution < -0.4 is 0 Å². The van der Waals surface area contributed by atoms with E-state index >= 15 is 0 Å². The van der Waals surface area contributed by atoms with Gasteiger partial charge in [0.25, 0.3) is 0 Å². The highest BCUT2D eigenvalue weighted by atomic mass is 19.4. The Labute approximate surface area is 140 Å². The molecule has 2 aliphatic heterocycles. The van der Waals surface area contributed by atoms with Gasteiger partial charge < -0.3 is 9.80 Å². The average molecular weight is 349 g/mol. The predicted octanol–water partition coefficient (Wildman–Crippen LogP) is 1.73. The molecule has 0 radical (unpaired) electrons. The Bertz CT molecular complexity index is 516. The van der Waals surface area contributed by atoms with Crippen molar-refractivity contribution in [1.82, 2.24) is 14.7 Å². The molecule has 8 heteroatoms. The number of halogens is 3. The Morgan fingerprint density at radius 2 is 1.71 bits per heavy atom. The fraction of sp³-hybridized carbons (Fsp3) is 0.875. The molecule has 2 heterocycles. The number of carbonyl (C=O) groups is 2. The molecule has 0 spiro atoms. The van der Waals surface area contributed by atoms with Crippen molar-refractivity contribution >= 4 is 11.8 Å². The van der Waals surface area contributed by atoms with Gasteiger partial charge in [0.15, 0.2) is 0 Å². The van der Waals surface area contributed by atoms with Crippen LogP contribution in [0.2, 0.25) is 0 Å². The molecule has 0 aliphatic carbocycles. The third-order valence-corrected chi connectivity index (χ3v) is 5.04. The van der Waals surface area contributed by atoms with E-state index in [0.717, 1.165) is 0 Å². The van der Waals surface area contributed by atoms with Crippen LogP contribution in [0.4, 0.5) is 13.2 Å². The molecule has 0 bridgehead atoms. The fourth-order valence-corrected chi connectivity index (χ4v) is 3.46. The molecule has 2 rings (SSSR count). The maximum atomic E-state index is 13.2. The lowest BCUT2D eigenvalue weighted by atomic mass is 10.0. The number of hydrogen-bond acceptors (Lipinski definition) is 3. The third kappa shape index (κ3) is 3.68. The van der Waals surface area contributed by atoms with Crippen molar-refractivity contribution < 1.29 is 22.8 Å². The molecular formula is C16H26F3N3O2. The van der Waals surface area contributed by atoms with E-state index in [9.17, 15) is 22.8 Å². The maximum Gasteiger partial charge on any atom is 0.405 e. The van der Waals surface area contributed by atoms with E-state index in [0.29, 0.717) is 0 Å². The van der Waals surface area contributed by atoms with Crippen molar-refractivity contribution in [2.24, 2.45) is 5.92 Å². The molecule has 0 aromatic rings. The molecular weight excluding hydrogens is 323 g/mol. The molecule has 24 heavy (non-hydrogen) atoms. The van der Waals surface area contributed by atoms with Gasteiger partial charge in [0.2, 0.25) is 11.8 Å². The molecule has 138 valence electrons. The summed E-state index contributed by atoms with van der Waals surface area (Å²) in [5, 5.41) is 0. The number of amides is 2. The number of piperazine rings is 1. The van der Waals surface area contributed by atoms with Crippen molar-refractivity contribution in [3.8, 4) is 0 Å². The van der Waals surface area contributed by atoms with Gasteiger partial charge in [-0.25, -0.2) is 0 Å². The molecule has 0 aromatic heterocycles. The summed E-state index contributed by atoms with van der Waals surface area (Å²) in [7, 11) is 1.44. The molecule has 3 unspecified atom stereocenters. The van der Waals surface area contributed by atoms with Gasteiger partial charge in [-0.1, -0.05) is 0 Å². The van der Waals surface area contributed by atoms with Crippen molar-refractivity contribution in [3.05, 3.63) is 0 Å². The minimum absolute atomic E-state index is 0.0769. The van der Waals surface area contributed by atoms with Gasteiger partial charge in [0, 0.05) is 37.6 Å². The first-order valence-corrected chi connectivity index (χ1v) is 8.20. The number of likely N-dealkylation sites (tertiary alicyclic amines) is 1. The van der Waals surface area contributed by atoms with Crippen LogP contribution >= 0.6 is 0 Å². The van der Waals surface area contributed by atoms with Crippen LogP contribution in [0, 0.1) is 5.92 Å². The Kier molecular flexibility index (Phi) is 4.92. The third-order valence-electron chi connectivity index (χ3n) is 5.04. The lowest BCUT2D eigenvalue weighted by molar-refractivity contribution is -0.201. The molecule has 2 aliphatic rings. The second kappa shape index (κ2) is 6.20. The second-order valence-electron chi connectivity index (χ2n) is 7.89. The molecule has 0 N–H and O–H groups in total. The normalized spacial score (nSPS) is 30.2. The van der Waals surface area contributed by atoms with Crippen LogP contribution in [0.1, 0.15) is 34.1 Å². The second-order valence-corrected chi connectivity index (χ2v) is 7.89. The first-order valence-electron chi connectivity index (χ1n) is 8.20. The molecule has 5 nitrogen and oxygen atoms in total. The largest absolute Gasteiger partial charge is 0.405 e. The highest BCUT2D eigenvalue weighted by Crippen LogP contribution is 2.32. The van der Waals surface area contributed by atoms with Gasteiger partial charge in [0.05, 0.1) is 5.92 Å². The monoisotopic (exact) mass is 349 g/mol. The summed E-state index contributed by atoms with van der Waals surface area (Å²) in [6, 6.07) is -2.05. The number of alkyl halides is 3. The van der Waals surface area contributed by atoms with Crippen LogP contribution in [0.3, 0.4) is 0 Å². The molecule has 0 saturated carbocycles. The topological polar surface area (TPSA) is 43.9 Å². The van der Waals surface area contributed by atoms with E-state index < -0.39 is 23.7 Å². The van der Waals surface area contributed by atoms with Gasteiger partial charge in [-0.3, -0.25) is 14.5 Å². The van der Waals surface area contributed by atoms with Crippen LogP contribution in [0.5, 0.6) is 0 Å². The standard InChI is InChI=1S/C16H26F3N3O2/c1-10-7-21(9-12(20(10)5)16(17,18)19)14(24)11-6-13(23)22(8-11)15(2,3)4/h10-12H,6-9H2,1-5H3. The Morgan fingerprint density at radius 1 is 1.12 bits per heavy atom. The summed E-state index contributed by atoms with van der Waals surface area (Å²) in [6.45, 7) is 7.49. The van der Waals surface area contributed by atoms with E-state index in [1.54, 1.807) is 11.8 Å². The fourth-order valence-electron chi connectivity index (χ4n) is 3.46. The minimum atomic E-state index is -4.38. The first kappa shape index (κ1) is 19.0. The van der Waals surface area contributed by atoms with E-state index in [2.05, 4.69) is 0 Å².